The van der Waals surface area contributed by atoms with Crippen molar-refractivity contribution in [3.05, 3.63) is 41.2 Å². The number of carboxylic acids is 2. The molecule has 2 N–H and O–H groups in total. The topological polar surface area (TPSA) is 83.8 Å². The Morgan fingerprint density at radius 2 is 2.00 bits per heavy atom. The zero-order chi connectivity index (χ0) is 12.8. The van der Waals surface area contributed by atoms with E-state index in [0.717, 1.165) is 0 Å². The molecule has 0 fully saturated rings. The molecule has 0 heterocycles. The van der Waals surface area contributed by atoms with Gasteiger partial charge in [-0.15, -0.1) is 0 Å². The smallest absolute Gasteiger partial charge is 0.336 e. The van der Waals surface area contributed by atoms with Crippen molar-refractivity contribution < 1.29 is 24.5 Å². The third kappa shape index (κ3) is 3.34. The average Bonchev–Trinajstić information content (AvgIpc) is 2.28. The largest absolute Gasteiger partial charge is 0.501 e. The molecule has 0 spiro atoms. The maximum absolute atomic E-state index is 10.9. The highest BCUT2D eigenvalue weighted by Crippen LogP contribution is 2.14. The van der Waals surface area contributed by atoms with Crippen LogP contribution in [0.2, 0.25) is 0 Å². The van der Waals surface area contributed by atoms with Crippen molar-refractivity contribution in [2.45, 2.75) is 6.92 Å². The highest BCUT2D eigenvalue weighted by Gasteiger charge is 2.11. The van der Waals surface area contributed by atoms with E-state index in [1.54, 1.807) is 6.92 Å². The van der Waals surface area contributed by atoms with Crippen molar-refractivity contribution >= 4 is 18.0 Å². The minimum Gasteiger partial charge on any atom is -0.501 e. The zero-order valence-electron chi connectivity index (χ0n) is 9.21. The van der Waals surface area contributed by atoms with E-state index >= 15 is 0 Å². The maximum atomic E-state index is 10.9. The highest BCUT2D eigenvalue weighted by atomic mass is 16.5. The number of hydrogen-bond donors (Lipinski definition) is 2. The quantitative estimate of drug-likeness (QED) is 0.765. The first-order valence-corrected chi connectivity index (χ1v) is 4.95. The van der Waals surface area contributed by atoms with Crippen LogP contribution in [-0.4, -0.2) is 28.8 Å². The number of aromatic carboxylic acids is 2. The van der Waals surface area contributed by atoms with Crippen molar-refractivity contribution in [3.8, 4) is 0 Å². The van der Waals surface area contributed by atoms with Gasteiger partial charge in [-0.2, -0.15) is 0 Å². The lowest BCUT2D eigenvalue weighted by atomic mass is 10.0. The van der Waals surface area contributed by atoms with Gasteiger partial charge in [-0.05, 0) is 36.8 Å². The van der Waals surface area contributed by atoms with E-state index < -0.39 is 11.9 Å². The first kappa shape index (κ1) is 12.8. The van der Waals surface area contributed by atoms with Crippen molar-refractivity contribution in [1.29, 1.82) is 0 Å². The van der Waals surface area contributed by atoms with Crippen LogP contribution in [-0.2, 0) is 4.74 Å². The summed E-state index contributed by atoms with van der Waals surface area (Å²) < 4.78 is 4.95. The maximum Gasteiger partial charge on any atom is 0.336 e. The average molecular weight is 236 g/mol. The zero-order valence-corrected chi connectivity index (χ0v) is 9.21. The minimum atomic E-state index is -1.11. The Bertz CT molecular complexity index is 462. The van der Waals surface area contributed by atoms with E-state index in [4.69, 9.17) is 14.9 Å². The first-order chi connectivity index (χ1) is 8.06. The molecule has 1 rings (SSSR count). The van der Waals surface area contributed by atoms with Crippen molar-refractivity contribution in [2.24, 2.45) is 0 Å². The van der Waals surface area contributed by atoms with Gasteiger partial charge in [0.25, 0.3) is 0 Å². The Labute approximate surface area is 98.0 Å². The SMILES string of the molecule is CCOC=Cc1cc(C(=O)O)ccc1C(=O)O. The van der Waals surface area contributed by atoms with Gasteiger partial charge in [0.15, 0.2) is 0 Å². The van der Waals surface area contributed by atoms with Gasteiger partial charge in [-0.3, -0.25) is 0 Å². The molecule has 1 aromatic carbocycles. The number of carboxylic acid groups (broad SMARTS) is 2. The molecule has 5 nitrogen and oxygen atoms in total. The third-order valence-corrected chi connectivity index (χ3v) is 2.04. The molecule has 17 heavy (non-hydrogen) atoms. The van der Waals surface area contributed by atoms with E-state index in [2.05, 4.69) is 0 Å². The fraction of sp³-hybridized carbons (Fsp3) is 0.167. The first-order valence-electron chi connectivity index (χ1n) is 4.95. The van der Waals surface area contributed by atoms with Crippen LogP contribution in [0.5, 0.6) is 0 Å². The fourth-order valence-electron chi connectivity index (χ4n) is 1.25. The number of ether oxygens (including phenoxy) is 1. The van der Waals surface area contributed by atoms with Gasteiger partial charge in [0.05, 0.1) is 24.0 Å². The van der Waals surface area contributed by atoms with Gasteiger partial charge in [0.2, 0.25) is 0 Å². The molecule has 0 amide bonds. The van der Waals surface area contributed by atoms with Crippen LogP contribution in [0.4, 0.5) is 0 Å². The second-order valence-corrected chi connectivity index (χ2v) is 3.17. The lowest BCUT2D eigenvalue weighted by Crippen LogP contribution is -2.03. The molecular formula is C12H12O5. The van der Waals surface area contributed by atoms with Crippen molar-refractivity contribution in [1.82, 2.24) is 0 Å². The summed E-state index contributed by atoms with van der Waals surface area (Å²) in [6.07, 6.45) is 2.77. The molecule has 0 bridgehead atoms. The Balaban J connectivity index is 3.16. The fourth-order valence-corrected chi connectivity index (χ4v) is 1.25. The van der Waals surface area contributed by atoms with E-state index in [1.807, 2.05) is 0 Å². The Kier molecular flexibility index (Phi) is 4.28. The van der Waals surface area contributed by atoms with Gasteiger partial charge < -0.3 is 14.9 Å². The summed E-state index contributed by atoms with van der Waals surface area (Å²) in [6.45, 7) is 2.24. The molecule has 90 valence electrons. The molecule has 0 atom stereocenters. The van der Waals surface area contributed by atoms with Crippen molar-refractivity contribution in [2.75, 3.05) is 6.61 Å². The predicted octanol–water partition coefficient (Wildman–Crippen LogP) is 2.09. The molecule has 0 aliphatic heterocycles. The molecule has 0 saturated carbocycles. The molecule has 0 radical (unpaired) electrons. The second-order valence-electron chi connectivity index (χ2n) is 3.17. The molecule has 5 heteroatoms. The van der Waals surface area contributed by atoms with Gasteiger partial charge in [0.1, 0.15) is 0 Å². The van der Waals surface area contributed by atoms with Gasteiger partial charge in [-0.1, -0.05) is 0 Å². The van der Waals surface area contributed by atoms with Crippen LogP contribution in [0.15, 0.2) is 24.5 Å². The number of rotatable bonds is 5. The monoisotopic (exact) mass is 236 g/mol. The van der Waals surface area contributed by atoms with E-state index in [-0.39, 0.29) is 11.1 Å². The normalized spacial score (nSPS) is 10.4. The number of carbonyl (C=O) groups is 2. The lowest BCUT2D eigenvalue weighted by Gasteiger charge is -2.03. The van der Waals surface area contributed by atoms with Crippen molar-refractivity contribution in [3.63, 3.8) is 0 Å². The summed E-state index contributed by atoms with van der Waals surface area (Å²) in [5, 5.41) is 17.7. The Hall–Kier alpha value is -2.30. The number of benzene rings is 1. The number of hydrogen-bond acceptors (Lipinski definition) is 3. The van der Waals surface area contributed by atoms with Crippen LogP contribution in [0.1, 0.15) is 33.2 Å². The van der Waals surface area contributed by atoms with Crippen LogP contribution in [0, 0.1) is 0 Å². The van der Waals surface area contributed by atoms with Gasteiger partial charge in [-0.25, -0.2) is 9.59 Å². The molecule has 0 aromatic heterocycles. The summed E-state index contributed by atoms with van der Waals surface area (Å²) in [7, 11) is 0. The molecule has 1 aromatic rings. The Morgan fingerprint density at radius 3 is 2.53 bits per heavy atom. The van der Waals surface area contributed by atoms with E-state index in [0.29, 0.717) is 12.2 Å². The van der Waals surface area contributed by atoms with Crippen LogP contribution >= 0.6 is 0 Å². The molecule has 0 aliphatic rings. The second kappa shape index (κ2) is 5.69. The summed E-state index contributed by atoms with van der Waals surface area (Å²) in [4.78, 5) is 21.7. The summed E-state index contributed by atoms with van der Waals surface area (Å²) in [5.41, 5.74) is 0.364. The van der Waals surface area contributed by atoms with E-state index in [1.165, 1.54) is 30.5 Å². The molecule has 0 unspecified atom stereocenters. The van der Waals surface area contributed by atoms with Crippen LogP contribution < -0.4 is 0 Å². The third-order valence-electron chi connectivity index (χ3n) is 2.04. The summed E-state index contributed by atoms with van der Waals surface area (Å²) in [5.74, 6) is -2.22. The van der Waals surface area contributed by atoms with Gasteiger partial charge in [0, 0.05) is 0 Å². The lowest BCUT2D eigenvalue weighted by molar-refractivity contribution is 0.0681. The summed E-state index contributed by atoms with van der Waals surface area (Å²) >= 11 is 0. The molecule has 0 aliphatic carbocycles. The predicted molar refractivity (Wildman–Crippen MR) is 61.0 cm³/mol. The molecular weight excluding hydrogens is 224 g/mol. The summed E-state index contributed by atoms with van der Waals surface area (Å²) in [6, 6.07) is 3.81. The van der Waals surface area contributed by atoms with E-state index in [9.17, 15) is 9.59 Å². The standard InChI is InChI=1S/C12H12O5/c1-2-17-6-5-8-7-9(11(13)14)3-4-10(8)12(15)16/h3-7H,2H2,1H3,(H,13,14)(H,15,16). The van der Waals surface area contributed by atoms with Gasteiger partial charge >= 0.3 is 11.9 Å². The highest BCUT2D eigenvalue weighted by molar-refractivity contribution is 5.95. The van der Waals surface area contributed by atoms with Crippen LogP contribution in [0.3, 0.4) is 0 Å². The minimum absolute atomic E-state index is 0.0333. The van der Waals surface area contributed by atoms with Crippen LogP contribution in [0.25, 0.3) is 6.08 Å². The Morgan fingerprint density at radius 1 is 1.29 bits per heavy atom. The molecule has 0 saturated heterocycles.